The lowest BCUT2D eigenvalue weighted by Crippen LogP contribution is -2.06. The SMILES string of the molecule is Fc1ccc(-c2c(Nc3ccc(F)c(F)c3F)nc(-c3ccccn3)c3c2CCC3)cc1. The van der Waals surface area contributed by atoms with E-state index >= 15 is 0 Å². The number of hydrogen-bond donors (Lipinski definition) is 1. The molecule has 2 heterocycles. The maximum atomic E-state index is 14.5. The van der Waals surface area contributed by atoms with Crippen LogP contribution in [0, 0.1) is 23.3 Å². The summed E-state index contributed by atoms with van der Waals surface area (Å²) in [6, 6.07) is 13.4. The van der Waals surface area contributed by atoms with E-state index in [1.54, 1.807) is 24.4 Å². The molecule has 160 valence electrons. The maximum Gasteiger partial charge on any atom is 0.196 e. The molecule has 0 fully saturated rings. The molecular weight excluding hydrogens is 418 g/mol. The van der Waals surface area contributed by atoms with Gasteiger partial charge in [0.15, 0.2) is 17.5 Å². The van der Waals surface area contributed by atoms with Crippen LogP contribution in [0.25, 0.3) is 22.5 Å². The fraction of sp³-hybridized carbons (Fsp3) is 0.120. The zero-order valence-electron chi connectivity index (χ0n) is 16.8. The van der Waals surface area contributed by atoms with Crippen molar-refractivity contribution < 1.29 is 17.6 Å². The third kappa shape index (κ3) is 3.49. The molecule has 0 atom stereocenters. The van der Waals surface area contributed by atoms with Gasteiger partial charge in [0.25, 0.3) is 0 Å². The van der Waals surface area contributed by atoms with Crippen molar-refractivity contribution in [2.24, 2.45) is 0 Å². The minimum absolute atomic E-state index is 0.246. The van der Waals surface area contributed by atoms with Gasteiger partial charge in [0, 0.05) is 11.8 Å². The molecule has 1 aliphatic carbocycles. The number of nitrogens with zero attached hydrogens (tertiary/aromatic N) is 2. The molecule has 0 aliphatic heterocycles. The number of fused-ring (bicyclic) bond motifs is 1. The molecule has 3 nitrogen and oxygen atoms in total. The molecule has 0 spiro atoms. The van der Waals surface area contributed by atoms with Gasteiger partial charge in [-0.1, -0.05) is 18.2 Å². The number of anilines is 2. The lowest BCUT2D eigenvalue weighted by molar-refractivity contribution is 0.449. The Labute approximate surface area is 181 Å². The van der Waals surface area contributed by atoms with Crippen molar-refractivity contribution in [1.82, 2.24) is 9.97 Å². The fourth-order valence-corrected chi connectivity index (χ4v) is 4.14. The molecule has 0 amide bonds. The van der Waals surface area contributed by atoms with E-state index in [2.05, 4.69) is 10.3 Å². The summed E-state index contributed by atoms with van der Waals surface area (Å²) in [5.41, 5.74) is 4.46. The highest BCUT2D eigenvalue weighted by Crippen LogP contribution is 2.42. The van der Waals surface area contributed by atoms with Crippen molar-refractivity contribution in [1.29, 1.82) is 0 Å². The standard InChI is InChI=1S/C25H17F4N3/c26-15-9-7-14(8-10-15)21-16-4-3-5-17(16)24(20-6-1-2-13-30-20)32-25(21)31-19-12-11-18(27)22(28)23(19)29/h1-2,6-13H,3-5H2,(H,31,32). The van der Waals surface area contributed by atoms with Crippen molar-refractivity contribution in [3.05, 3.63) is 95.2 Å². The Hall–Kier alpha value is -3.74. The van der Waals surface area contributed by atoms with Gasteiger partial charge in [-0.3, -0.25) is 4.98 Å². The molecule has 0 saturated carbocycles. The molecule has 1 N–H and O–H groups in total. The first kappa shape index (κ1) is 20.2. The minimum Gasteiger partial charge on any atom is -0.337 e. The molecule has 0 radical (unpaired) electrons. The second kappa shape index (κ2) is 8.07. The molecule has 0 saturated heterocycles. The van der Waals surface area contributed by atoms with Crippen LogP contribution in [0.5, 0.6) is 0 Å². The zero-order chi connectivity index (χ0) is 22.2. The van der Waals surface area contributed by atoms with E-state index in [1.807, 2.05) is 12.1 Å². The van der Waals surface area contributed by atoms with Crippen LogP contribution in [0.4, 0.5) is 29.1 Å². The Morgan fingerprint density at radius 3 is 2.31 bits per heavy atom. The summed E-state index contributed by atoms with van der Waals surface area (Å²) in [5, 5.41) is 2.85. The monoisotopic (exact) mass is 435 g/mol. The highest BCUT2D eigenvalue weighted by molar-refractivity contribution is 5.85. The van der Waals surface area contributed by atoms with E-state index in [0.29, 0.717) is 22.5 Å². The van der Waals surface area contributed by atoms with Gasteiger partial charge in [-0.25, -0.2) is 22.5 Å². The summed E-state index contributed by atoms with van der Waals surface area (Å²) in [7, 11) is 0. The third-order valence-corrected chi connectivity index (χ3v) is 5.59. The first-order valence-electron chi connectivity index (χ1n) is 10.2. The lowest BCUT2D eigenvalue weighted by atomic mass is 9.95. The molecule has 32 heavy (non-hydrogen) atoms. The van der Waals surface area contributed by atoms with Crippen molar-refractivity contribution in [2.75, 3.05) is 5.32 Å². The summed E-state index contributed by atoms with van der Waals surface area (Å²) >= 11 is 0. The minimum atomic E-state index is -1.57. The Kier molecular flexibility index (Phi) is 5.09. The number of benzene rings is 2. The van der Waals surface area contributed by atoms with Crippen LogP contribution in [0.15, 0.2) is 60.8 Å². The average molecular weight is 435 g/mol. The molecule has 7 heteroatoms. The second-order valence-corrected chi connectivity index (χ2v) is 7.56. The van der Waals surface area contributed by atoms with Crippen LogP contribution in [0.2, 0.25) is 0 Å². The Morgan fingerprint density at radius 2 is 1.56 bits per heavy atom. The number of hydrogen-bond acceptors (Lipinski definition) is 3. The van der Waals surface area contributed by atoms with E-state index < -0.39 is 17.5 Å². The normalized spacial score (nSPS) is 12.6. The van der Waals surface area contributed by atoms with Gasteiger partial charge in [-0.15, -0.1) is 0 Å². The fourth-order valence-electron chi connectivity index (χ4n) is 4.14. The van der Waals surface area contributed by atoms with E-state index in [4.69, 9.17) is 4.98 Å². The van der Waals surface area contributed by atoms with Gasteiger partial charge < -0.3 is 5.32 Å². The predicted molar refractivity (Wildman–Crippen MR) is 114 cm³/mol. The molecule has 2 aromatic heterocycles. The number of halogens is 4. The average Bonchev–Trinajstić information content (AvgIpc) is 3.30. The van der Waals surface area contributed by atoms with Crippen LogP contribution in [0.3, 0.4) is 0 Å². The summed E-state index contributed by atoms with van der Waals surface area (Å²) in [6.45, 7) is 0. The van der Waals surface area contributed by atoms with Gasteiger partial charge in [-0.2, -0.15) is 0 Å². The van der Waals surface area contributed by atoms with Gasteiger partial charge in [-0.05, 0) is 72.4 Å². The Bertz CT molecular complexity index is 1310. The number of nitrogens with one attached hydrogen (secondary N) is 1. The number of rotatable bonds is 4. The van der Waals surface area contributed by atoms with Crippen molar-refractivity contribution in [3.8, 4) is 22.5 Å². The molecule has 1 aliphatic rings. The predicted octanol–water partition coefficient (Wildman–Crippen LogP) is 6.60. The van der Waals surface area contributed by atoms with E-state index in [1.165, 1.54) is 12.1 Å². The lowest BCUT2D eigenvalue weighted by Gasteiger charge is -2.19. The topological polar surface area (TPSA) is 37.8 Å². The summed E-state index contributed by atoms with van der Waals surface area (Å²) < 4.78 is 55.4. The van der Waals surface area contributed by atoms with Gasteiger partial charge in [0.2, 0.25) is 0 Å². The number of aromatic nitrogens is 2. The molecule has 2 aromatic carbocycles. The molecule has 0 bridgehead atoms. The van der Waals surface area contributed by atoms with Crippen LogP contribution in [-0.4, -0.2) is 9.97 Å². The van der Waals surface area contributed by atoms with Crippen LogP contribution >= 0.6 is 0 Å². The zero-order valence-corrected chi connectivity index (χ0v) is 16.8. The molecule has 4 aromatic rings. The van der Waals surface area contributed by atoms with Gasteiger partial charge in [0.1, 0.15) is 11.6 Å². The summed E-state index contributed by atoms with van der Waals surface area (Å²) in [5.74, 6) is -4.29. The van der Waals surface area contributed by atoms with E-state index in [9.17, 15) is 17.6 Å². The smallest absolute Gasteiger partial charge is 0.196 e. The van der Waals surface area contributed by atoms with Crippen molar-refractivity contribution in [2.45, 2.75) is 19.3 Å². The quantitative estimate of drug-likeness (QED) is 0.290. The van der Waals surface area contributed by atoms with Gasteiger partial charge >= 0.3 is 0 Å². The van der Waals surface area contributed by atoms with Crippen molar-refractivity contribution >= 4 is 11.5 Å². The van der Waals surface area contributed by atoms with E-state index in [0.717, 1.165) is 42.5 Å². The largest absolute Gasteiger partial charge is 0.337 e. The van der Waals surface area contributed by atoms with Crippen LogP contribution in [-0.2, 0) is 12.8 Å². The van der Waals surface area contributed by atoms with Crippen LogP contribution < -0.4 is 5.32 Å². The first-order valence-corrected chi connectivity index (χ1v) is 10.2. The summed E-state index contributed by atoms with van der Waals surface area (Å²) in [4.78, 5) is 9.16. The Morgan fingerprint density at radius 1 is 0.781 bits per heavy atom. The second-order valence-electron chi connectivity index (χ2n) is 7.56. The highest BCUT2D eigenvalue weighted by Gasteiger charge is 2.26. The maximum absolute atomic E-state index is 14.5. The number of pyridine rings is 2. The van der Waals surface area contributed by atoms with E-state index in [-0.39, 0.29) is 17.3 Å². The summed E-state index contributed by atoms with van der Waals surface area (Å²) in [6.07, 6.45) is 4.10. The first-order chi connectivity index (χ1) is 15.5. The van der Waals surface area contributed by atoms with Crippen molar-refractivity contribution in [3.63, 3.8) is 0 Å². The molecule has 0 unspecified atom stereocenters. The van der Waals surface area contributed by atoms with Gasteiger partial charge in [0.05, 0.1) is 17.1 Å². The van der Waals surface area contributed by atoms with Crippen LogP contribution in [0.1, 0.15) is 17.5 Å². The third-order valence-electron chi connectivity index (χ3n) is 5.59. The molecule has 5 rings (SSSR count). The Balaban J connectivity index is 1.75. The highest BCUT2D eigenvalue weighted by atomic mass is 19.2. The molecular formula is C25H17F4N3.